The van der Waals surface area contributed by atoms with Gasteiger partial charge in [0, 0.05) is 27.4 Å². The molecule has 1 amide bonds. The van der Waals surface area contributed by atoms with Gasteiger partial charge in [-0.15, -0.1) is 0 Å². The molecule has 4 rings (SSSR count). The predicted molar refractivity (Wildman–Crippen MR) is 149 cm³/mol. The Balaban J connectivity index is 1.32. The van der Waals surface area contributed by atoms with Gasteiger partial charge in [-0.2, -0.15) is 0 Å². The molecule has 0 heterocycles. The number of carbonyl (C=O) groups excluding carboxylic acids is 1. The van der Waals surface area contributed by atoms with Crippen molar-refractivity contribution in [3.8, 4) is 17.2 Å². The van der Waals surface area contributed by atoms with E-state index in [2.05, 4.69) is 5.32 Å². The van der Waals surface area contributed by atoms with Crippen molar-refractivity contribution in [1.82, 2.24) is 0 Å². The topological polar surface area (TPSA) is 56.8 Å². The van der Waals surface area contributed by atoms with Crippen LogP contribution >= 0.6 is 23.2 Å². The third-order valence-corrected chi connectivity index (χ3v) is 6.13. The lowest BCUT2D eigenvalue weighted by molar-refractivity contribution is -0.111. The smallest absolute Gasteiger partial charge is 0.248 e. The molecule has 0 saturated carbocycles. The van der Waals surface area contributed by atoms with E-state index in [9.17, 15) is 4.79 Å². The molecule has 0 saturated heterocycles. The van der Waals surface area contributed by atoms with E-state index in [0.717, 1.165) is 16.9 Å². The molecule has 0 fully saturated rings. The van der Waals surface area contributed by atoms with Crippen LogP contribution < -0.4 is 19.5 Å². The Morgan fingerprint density at radius 3 is 2.24 bits per heavy atom. The molecule has 0 radical (unpaired) electrons. The molecule has 0 aromatic heterocycles. The van der Waals surface area contributed by atoms with Crippen LogP contribution in [0.2, 0.25) is 10.0 Å². The maximum Gasteiger partial charge on any atom is 0.248 e. The number of halogens is 2. The fourth-order valence-corrected chi connectivity index (χ4v) is 3.97. The Hall–Kier alpha value is -3.93. The molecule has 7 heteroatoms. The summed E-state index contributed by atoms with van der Waals surface area (Å²) in [7, 11) is 1.55. The van der Waals surface area contributed by atoms with Gasteiger partial charge in [0.2, 0.25) is 5.91 Å². The zero-order valence-corrected chi connectivity index (χ0v) is 21.6. The number of carbonyl (C=O) groups is 1. The highest BCUT2D eigenvalue weighted by Crippen LogP contribution is 2.31. The van der Waals surface area contributed by atoms with Crippen molar-refractivity contribution in [2.24, 2.45) is 0 Å². The molecule has 0 aliphatic carbocycles. The first kappa shape index (κ1) is 26.1. The normalized spacial score (nSPS) is 10.8. The highest BCUT2D eigenvalue weighted by atomic mass is 35.5. The van der Waals surface area contributed by atoms with Crippen LogP contribution in [0, 0.1) is 0 Å². The molecule has 0 aliphatic rings. The Morgan fingerprint density at radius 2 is 1.54 bits per heavy atom. The second-order valence-corrected chi connectivity index (χ2v) is 8.83. The summed E-state index contributed by atoms with van der Waals surface area (Å²) in [5.74, 6) is 1.53. The number of methoxy groups -OCH3 is 1. The monoisotopic (exact) mass is 533 g/mol. The summed E-state index contributed by atoms with van der Waals surface area (Å²) < 4.78 is 17.1. The van der Waals surface area contributed by atoms with Crippen molar-refractivity contribution in [2.45, 2.75) is 13.2 Å². The summed E-state index contributed by atoms with van der Waals surface area (Å²) >= 11 is 12.4. The quantitative estimate of drug-likeness (QED) is 0.211. The van der Waals surface area contributed by atoms with Crippen molar-refractivity contribution in [3.63, 3.8) is 0 Å². The van der Waals surface area contributed by atoms with Gasteiger partial charge < -0.3 is 19.5 Å². The highest BCUT2D eigenvalue weighted by molar-refractivity contribution is 6.35. The molecule has 0 aliphatic heterocycles. The molecule has 5 nitrogen and oxygen atoms in total. The number of benzene rings is 4. The number of hydrogen-bond acceptors (Lipinski definition) is 4. The number of hydrogen-bond donors (Lipinski definition) is 1. The largest absolute Gasteiger partial charge is 0.493 e. The Kier molecular flexibility index (Phi) is 9.08. The average molecular weight is 534 g/mol. The molecule has 188 valence electrons. The van der Waals surface area contributed by atoms with E-state index in [4.69, 9.17) is 37.4 Å². The third-order valence-electron chi connectivity index (χ3n) is 5.42. The zero-order valence-electron chi connectivity index (χ0n) is 20.1. The van der Waals surface area contributed by atoms with E-state index in [-0.39, 0.29) is 12.5 Å². The van der Waals surface area contributed by atoms with E-state index in [1.165, 1.54) is 6.08 Å². The molecule has 4 aromatic rings. The summed E-state index contributed by atoms with van der Waals surface area (Å²) in [6.07, 6.45) is 3.16. The van der Waals surface area contributed by atoms with E-state index < -0.39 is 0 Å². The third kappa shape index (κ3) is 7.53. The summed E-state index contributed by atoms with van der Waals surface area (Å²) in [6.45, 7) is 0.679. The number of ether oxygens (including phenoxy) is 3. The van der Waals surface area contributed by atoms with Crippen LogP contribution in [0.1, 0.15) is 16.7 Å². The van der Waals surface area contributed by atoms with Crippen molar-refractivity contribution in [3.05, 3.63) is 124 Å². The van der Waals surface area contributed by atoms with Gasteiger partial charge in [-0.3, -0.25) is 4.79 Å². The lowest BCUT2D eigenvalue weighted by Crippen LogP contribution is -2.07. The number of rotatable bonds is 10. The van der Waals surface area contributed by atoms with Gasteiger partial charge in [-0.25, -0.2) is 0 Å². The highest BCUT2D eigenvalue weighted by Gasteiger charge is 2.10. The first-order valence-corrected chi connectivity index (χ1v) is 12.3. The van der Waals surface area contributed by atoms with Gasteiger partial charge >= 0.3 is 0 Å². The molecular weight excluding hydrogens is 509 g/mol. The first-order chi connectivity index (χ1) is 18.0. The molecule has 0 spiro atoms. The molecule has 0 unspecified atom stereocenters. The van der Waals surface area contributed by atoms with Gasteiger partial charge in [0.25, 0.3) is 0 Å². The van der Waals surface area contributed by atoms with Crippen LogP contribution in [-0.4, -0.2) is 13.0 Å². The van der Waals surface area contributed by atoms with Crippen LogP contribution in [0.4, 0.5) is 5.69 Å². The second-order valence-electron chi connectivity index (χ2n) is 8.02. The van der Waals surface area contributed by atoms with Gasteiger partial charge in [0.1, 0.15) is 19.0 Å². The van der Waals surface area contributed by atoms with Crippen LogP contribution in [-0.2, 0) is 18.0 Å². The van der Waals surface area contributed by atoms with Crippen molar-refractivity contribution in [1.29, 1.82) is 0 Å². The van der Waals surface area contributed by atoms with Crippen LogP contribution in [0.25, 0.3) is 6.08 Å². The Bertz CT molecular complexity index is 1350. The predicted octanol–water partition coefficient (Wildman–Crippen LogP) is 7.81. The molecule has 1 N–H and O–H groups in total. The maximum absolute atomic E-state index is 12.4. The Morgan fingerprint density at radius 1 is 0.811 bits per heavy atom. The van der Waals surface area contributed by atoms with Crippen molar-refractivity contribution < 1.29 is 19.0 Å². The maximum atomic E-state index is 12.4. The SMILES string of the molecule is COc1cc(/C=C/C(=O)Nc2ccc(OCc3ccccc3)cc2)ccc1OCc1c(Cl)cccc1Cl. The molecule has 0 atom stereocenters. The standard InChI is InChI=1S/C30H25Cl2NO4/c1-35-29-18-21(10-16-28(29)37-20-25-26(31)8-5-9-27(25)32)11-17-30(34)33-23-12-14-24(15-13-23)36-19-22-6-3-2-4-7-22/h2-18H,19-20H2,1H3,(H,33,34)/b17-11+. The van der Waals surface area contributed by atoms with Gasteiger partial charge in [-0.05, 0) is 65.7 Å². The van der Waals surface area contributed by atoms with Crippen molar-refractivity contribution in [2.75, 3.05) is 12.4 Å². The van der Waals surface area contributed by atoms with Crippen molar-refractivity contribution >= 4 is 40.9 Å². The minimum absolute atomic E-state index is 0.197. The fraction of sp³-hybridized carbons (Fsp3) is 0.100. The van der Waals surface area contributed by atoms with E-state index >= 15 is 0 Å². The lowest BCUT2D eigenvalue weighted by Gasteiger charge is -2.13. The number of anilines is 1. The van der Waals surface area contributed by atoms with Gasteiger partial charge in [0.05, 0.1) is 7.11 Å². The molecule has 0 bridgehead atoms. The number of nitrogens with one attached hydrogen (secondary N) is 1. The zero-order chi connectivity index (χ0) is 26.0. The van der Waals surface area contributed by atoms with Crippen LogP contribution in [0.3, 0.4) is 0 Å². The summed E-state index contributed by atoms with van der Waals surface area (Å²) in [6, 6.07) is 27.9. The molecule has 4 aromatic carbocycles. The van der Waals surface area contributed by atoms with Crippen LogP contribution in [0.15, 0.2) is 97.1 Å². The number of amides is 1. The minimum atomic E-state index is -0.259. The lowest BCUT2D eigenvalue weighted by atomic mass is 10.2. The summed E-state index contributed by atoms with van der Waals surface area (Å²) in [5, 5.41) is 3.91. The second kappa shape index (κ2) is 12.9. The van der Waals surface area contributed by atoms with E-state index in [0.29, 0.717) is 39.4 Å². The molecular formula is C30H25Cl2NO4. The summed E-state index contributed by atoms with van der Waals surface area (Å²) in [5.41, 5.74) is 3.23. The average Bonchev–Trinajstić information content (AvgIpc) is 2.92. The summed E-state index contributed by atoms with van der Waals surface area (Å²) in [4.78, 5) is 12.4. The fourth-order valence-electron chi connectivity index (χ4n) is 3.46. The van der Waals surface area contributed by atoms with Crippen LogP contribution in [0.5, 0.6) is 17.2 Å². The minimum Gasteiger partial charge on any atom is -0.493 e. The van der Waals surface area contributed by atoms with Gasteiger partial charge in [0.15, 0.2) is 11.5 Å². The van der Waals surface area contributed by atoms with Gasteiger partial charge in [-0.1, -0.05) is 65.7 Å². The Labute approximate surface area is 226 Å². The van der Waals surface area contributed by atoms with E-state index in [1.54, 1.807) is 55.7 Å². The van der Waals surface area contributed by atoms with E-state index in [1.807, 2.05) is 48.5 Å². The molecule has 37 heavy (non-hydrogen) atoms. The first-order valence-electron chi connectivity index (χ1n) is 11.5.